The Morgan fingerprint density at radius 3 is 2.79 bits per heavy atom. The normalized spacial score (nSPS) is 11.5. The molecule has 0 saturated heterocycles. The summed E-state index contributed by atoms with van der Waals surface area (Å²) in [5.74, 6) is 1.17. The highest BCUT2D eigenvalue weighted by molar-refractivity contribution is 7.92. The summed E-state index contributed by atoms with van der Waals surface area (Å²) < 4.78 is 40.4. The van der Waals surface area contributed by atoms with E-state index < -0.39 is 10.0 Å². The van der Waals surface area contributed by atoms with Gasteiger partial charge in [0.25, 0.3) is 10.0 Å². The number of hydrogen-bond acceptors (Lipinski definition) is 7. The molecule has 4 aromatic rings. The average molecular weight is 416 g/mol. The number of hydrogen-bond donors (Lipinski definition) is 1. The number of benzene rings is 1. The molecule has 0 aliphatic carbocycles. The van der Waals surface area contributed by atoms with Crippen LogP contribution in [-0.2, 0) is 10.0 Å². The Balaban J connectivity index is 1.71. The summed E-state index contributed by atoms with van der Waals surface area (Å²) in [5, 5.41) is 6.71. The Bertz CT molecular complexity index is 1210. The maximum atomic E-state index is 12.9. The second-order valence-corrected chi connectivity index (χ2v) is 8.32. The minimum atomic E-state index is -3.89. The molecule has 1 N–H and O–H groups in total. The number of anilines is 1. The number of nitrogens with zero attached hydrogens (tertiary/aromatic N) is 3. The van der Waals surface area contributed by atoms with Gasteiger partial charge in [-0.3, -0.25) is 4.72 Å². The van der Waals surface area contributed by atoms with Crippen LogP contribution in [0.5, 0.6) is 5.75 Å². The number of aryl methyl sites for hydroxylation is 1. The second-order valence-electron chi connectivity index (χ2n) is 5.83. The minimum absolute atomic E-state index is 0.0401. The zero-order valence-electron chi connectivity index (χ0n) is 15.0. The van der Waals surface area contributed by atoms with Crippen molar-refractivity contribution in [1.29, 1.82) is 0 Å². The van der Waals surface area contributed by atoms with Gasteiger partial charge in [-0.2, -0.15) is 9.78 Å². The summed E-state index contributed by atoms with van der Waals surface area (Å²) in [5.41, 5.74) is 1.30. The van der Waals surface area contributed by atoms with Crippen LogP contribution >= 0.6 is 11.3 Å². The quantitative estimate of drug-likeness (QED) is 0.514. The van der Waals surface area contributed by atoms with Gasteiger partial charge in [0.2, 0.25) is 5.13 Å². The molecule has 1 aromatic carbocycles. The first-order valence-electron chi connectivity index (χ1n) is 8.20. The standard InChI is InChI=1S/C18H16N4O4S2/c1-12-10-17(21-28(23,24)16-8-4-3-6-15(16)25-2)22(20-12)18-19-13(11-27-18)14-7-5-9-26-14/h3-11,21H,1-2H3. The molecule has 0 radical (unpaired) electrons. The van der Waals surface area contributed by atoms with Crippen molar-refractivity contribution in [3.8, 4) is 22.3 Å². The number of thiazole rings is 1. The van der Waals surface area contributed by atoms with Gasteiger partial charge >= 0.3 is 0 Å². The van der Waals surface area contributed by atoms with Crippen LogP contribution in [0.4, 0.5) is 5.82 Å². The van der Waals surface area contributed by atoms with Crippen LogP contribution in [0.15, 0.2) is 63.4 Å². The highest BCUT2D eigenvalue weighted by atomic mass is 32.2. The fourth-order valence-electron chi connectivity index (χ4n) is 2.65. The number of furan rings is 1. The second kappa shape index (κ2) is 7.13. The Labute approximate surface area is 165 Å². The van der Waals surface area contributed by atoms with Crippen LogP contribution in [0.1, 0.15) is 5.69 Å². The molecule has 0 saturated carbocycles. The van der Waals surface area contributed by atoms with Crippen molar-refractivity contribution in [3.05, 3.63) is 59.8 Å². The summed E-state index contributed by atoms with van der Waals surface area (Å²) in [6, 6.07) is 11.6. The molecular weight excluding hydrogens is 400 g/mol. The molecule has 10 heteroatoms. The van der Waals surface area contributed by atoms with E-state index in [1.807, 2.05) is 5.38 Å². The van der Waals surface area contributed by atoms with Crippen LogP contribution in [0, 0.1) is 6.92 Å². The third-order valence-corrected chi connectivity index (χ3v) is 6.09. The van der Waals surface area contributed by atoms with Crippen molar-refractivity contribution in [3.63, 3.8) is 0 Å². The fourth-order valence-corrected chi connectivity index (χ4v) is 4.63. The van der Waals surface area contributed by atoms with Gasteiger partial charge in [0, 0.05) is 11.4 Å². The van der Waals surface area contributed by atoms with Crippen molar-refractivity contribution in [1.82, 2.24) is 14.8 Å². The molecule has 0 amide bonds. The molecule has 4 rings (SSSR count). The monoisotopic (exact) mass is 416 g/mol. The van der Waals surface area contributed by atoms with E-state index in [1.165, 1.54) is 29.2 Å². The number of sulfonamides is 1. The van der Waals surface area contributed by atoms with E-state index in [9.17, 15) is 8.42 Å². The molecule has 8 nitrogen and oxygen atoms in total. The first kappa shape index (κ1) is 18.3. The lowest BCUT2D eigenvalue weighted by atomic mass is 10.3. The molecule has 3 heterocycles. The van der Waals surface area contributed by atoms with Gasteiger partial charge in [0.15, 0.2) is 5.76 Å². The Morgan fingerprint density at radius 1 is 1.21 bits per heavy atom. The predicted octanol–water partition coefficient (Wildman–Crippen LogP) is 3.71. The molecule has 0 fully saturated rings. The first-order valence-corrected chi connectivity index (χ1v) is 10.6. The average Bonchev–Trinajstić information content (AvgIpc) is 3.41. The molecule has 0 aliphatic heterocycles. The number of nitrogens with one attached hydrogen (secondary N) is 1. The van der Waals surface area contributed by atoms with Crippen molar-refractivity contribution >= 4 is 27.2 Å². The number of aromatic nitrogens is 3. The fraction of sp³-hybridized carbons (Fsp3) is 0.111. The van der Waals surface area contributed by atoms with Crippen LogP contribution in [0.25, 0.3) is 16.6 Å². The van der Waals surface area contributed by atoms with Gasteiger partial charge in [-0.05, 0) is 31.2 Å². The smallest absolute Gasteiger partial charge is 0.266 e. The van der Waals surface area contributed by atoms with E-state index in [0.29, 0.717) is 22.3 Å². The van der Waals surface area contributed by atoms with Crippen LogP contribution < -0.4 is 9.46 Å². The molecule has 144 valence electrons. The third-order valence-electron chi connectivity index (χ3n) is 3.88. The molecular formula is C18H16N4O4S2. The lowest BCUT2D eigenvalue weighted by Crippen LogP contribution is -2.16. The van der Waals surface area contributed by atoms with Gasteiger partial charge in [-0.15, -0.1) is 11.3 Å². The van der Waals surface area contributed by atoms with Gasteiger partial charge in [0.1, 0.15) is 22.2 Å². The molecule has 3 aromatic heterocycles. The summed E-state index contributed by atoms with van der Waals surface area (Å²) in [6.07, 6.45) is 1.57. The Kier molecular flexibility index (Phi) is 4.65. The van der Waals surface area contributed by atoms with Crippen LogP contribution in [0.3, 0.4) is 0 Å². The van der Waals surface area contributed by atoms with E-state index in [2.05, 4.69) is 14.8 Å². The topological polar surface area (TPSA) is 99.2 Å². The molecule has 0 atom stereocenters. The maximum Gasteiger partial charge on any atom is 0.266 e. The van der Waals surface area contributed by atoms with Crippen LogP contribution in [-0.4, -0.2) is 30.3 Å². The first-order chi connectivity index (χ1) is 13.5. The predicted molar refractivity (Wildman–Crippen MR) is 105 cm³/mol. The molecule has 0 bridgehead atoms. The lowest BCUT2D eigenvalue weighted by molar-refractivity contribution is 0.403. The zero-order valence-corrected chi connectivity index (χ0v) is 16.6. The van der Waals surface area contributed by atoms with Gasteiger partial charge in [-0.25, -0.2) is 13.4 Å². The Morgan fingerprint density at radius 2 is 2.04 bits per heavy atom. The number of rotatable bonds is 6. The zero-order chi connectivity index (χ0) is 19.7. The van der Waals surface area contributed by atoms with E-state index >= 15 is 0 Å². The highest BCUT2D eigenvalue weighted by Crippen LogP contribution is 2.29. The third kappa shape index (κ3) is 3.39. The van der Waals surface area contributed by atoms with E-state index in [-0.39, 0.29) is 16.5 Å². The molecule has 0 unspecified atom stereocenters. The SMILES string of the molecule is COc1ccccc1S(=O)(=O)Nc1cc(C)nn1-c1nc(-c2ccco2)cs1. The van der Waals surface area contributed by atoms with Crippen molar-refractivity contribution in [2.75, 3.05) is 11.8 Å². The summed E-state index contributed by atoms with van der Waals surface area (Å²) >= 11 is 1.33. The van der Waals surface area contributed by atoms with Crippen molar-refractivity contribution in [2.24, 2.45) is 0 Å². The summed E-state index contributed by atoms with van der Waals surface area (Å²) in [6.45, 7) is 1.78. The maximum absolute atomic E-state index is 12.9. The number of methoxy groups -OCH3 is 1. The van der Waals surface area contributed by atoms with Crippen molar-refractivity contribution < 1.29 is 17.6 Å². The minimum Gasteiger partial charge on any atom is -0.495 e. The van der Waals surface area contributed by atoms with Crippen LogP contribution in [0.2, 0.25) is 0 Å². The number of ether oxygens (including phenoxy) is 1. The van der Waals surface area contributed by atoms with Crippen molar-refractivity contribution in [2.45, 2.75) is 11.8 Å². The Hall–Kier alpha value is -3.11. The lowest BCUT2D eigenvalue weighted by Gasteiger charge is -2.11. The van der Waals surface area contributed by atoms with Gasteiger partial charge in [-0.1, -0.05) is 12.1 Å². The largest absolute Gasteiger partial charge is 0.495 e. The highest BCUT2D eigenvalue weighted by Gasteiger charge is 2.22. The van der Waals surface area contributed by atoms with Gasteiger partial charge in [0.05, 0.1) is 19.1 Å². The molecule has 0 spiro atoms. The summed E-state index contributed by atoms with van der Waals surface area (Å²) in [7, 11) is -2.46. The van der Waals surface area contributed by atoms with E-state index in [1.54, 1.807) is 49.6 Å². The van der Waals surface area contributed by atoms with Gasteiger partial charge < -0.3 is 9.15 Å². The number of para-hydroxylation sites is 1. The molecule has 28 heavy (non-hydrogen) atoms. The van der Waals surface area contributed by atoms with E-state index in [4.69, 9.17) is 9.15 Å². The van der Waals surface area contributed by atoms with E-state index in [0.717, 1.165) is 0 Å². The molecule has 0 aliphatic rings. The summed E-state index contributed by atoms with van der Waals surface area (Å²) in [4.78, 5) is 4.54.